The summed E-state index contributed by atoms with van der Waals surface area (Å²) in [6.07, 6.45) is 4.42. The topological polar surface area (TPSA) is 88.2 Å². The van der Waals surface area contributed by atoms with Gasteiger partial charge in [0.15, 0.2) is 0 Å². The van der Waals surface area contributed by atoms with Gasteiger partial charge in [-0.3, -0.25) is 9.78 Å². The van der Waals surface area contributed by atoms with E-state index in [9.17, 15) is 13.2 Å². The zero-order valence-electron chi connectivity index (χ0n) is 12.4. The molecule has 1 aromatic heterocycles. The number of hydrogen-bond donors (Lipinski definition) is 2. The van der Waals surface area contributed by atoms with Crippen LogP contribution < -0.4 is 10.0 Å². The SMILES string of the molecule is O=C(NCCc1ccncc1)[C@H]1Cc2ccccc2S(=O)(=O)N1. The second-order valence-electron chi connectivity index (χ2n) is 5.38. The van der Waals surface area contributed by atoms with Crippen LogP contribution in [0.15, 0.2) is 53.7 Å². The third kappa shape index (κ3) is 3.57. The summed E-state index contributed by atoms with van der Waals surface area (Å²) < 4.78 is 26.8. The lowest BCUT2D eigenvalue weighted by Crippen LogP contribution is -2.50. The summed E-state index contributed by atoms with van der Waals surface area (Å²) in [6.45, 7) is 0.447. The van der Waals surface area contributed by atoms with E-state index in [1.54, 1.807) is 36.7 Å². The molecule has 23 heavy (non-hydrogen) atoms. The maximum atomic E-state index is 12.2. The number of sulfonamides is 1. The van der Waals surface area contributed by atoms with Gasteiger partial charge in [-0.1, -0.05) is 18.2 Å². The highest BCUT2D eigenvalue weighted by atomic mass is 32.2. The first-order chi connectivity index (χ1) is 11.1. The summed E-state index contributed by atoms with van der Waals surface area (Å²) >= 11 is 0. The highest BCUT2D eigenvalue weighted by molar-refractivity contribution is 7.89. The van der Waals surface area contributed by atoms with E-state index in [-0.39, 0.29) is 10.8 Å². The molecule has 0 saturated carbocycles. The number of nitrogens with zero attached hydrogens (tertiary/aromatic N) is 1. The van der Waals surface area contributed by atoms with Gasteiger partial charge in [-0.15, -0.1) is 0 Å². The Hall–Kier alpha value is -2.25. The number of amides is 1. The number of fused-ring (bicyclic) bond motifs is 1. The molecule has 7 heteroatoms. The number of carbonyl (C=O) groups excluding carboxylic acids is 1. The van der Waals surface area contributed by atoms with Gasteiger partial charge in [0.2, 0.25) is 15.9 Å². The summed E-state index contributed by atoms with van der Waals surface area (Å²) in [5, 5.41) is 2.78. The molecule has 0 spiro atoms. The van der Waals surface area contributed by atoms with Crippen molar-refractivity contribution in [2.45, 2.75) is 23.8 Å². The van der Waals surface area contributed by atoms with Crippen LogP contribution >= 0.6 is 0 Å². The van der Waals surface area contributed by atoms with Crippen LogP contribution in [0.4, 0.5) is 0 Å². The Bertz CT molecular complexity index is 806. The van der Waals surface area contributed by atoms with Crippen molar-refractivity contribution in [1.29, 1.82) is 0 Å². The predicted octanol–water partition coefficient (Wildman–Crippen LogP) is 0.643. The first-order valence-corrected chi connectivity index (χ1v) is 8.81. The molecule has 0 saturated heterocycles. The summed E-state index contributed by atoms with van der Waals surface area (Å²) in [5.74, 6) is -0.308. The molecule has 1 aliphatic heterocycles. The monoisotopic (exact) mass is 331 g/mol. The molecule has 2 aromatic rings. The molecule has 0 aliphatic carbocycles. The number of nitrogens with one attached hydrogen (secondary N) is 2. The van der Waals surface area contributed by atoms with Gasteiger partial charge in [0.05, 0.1) is 4.90 Å². The molecule has 1 amide bonds. The molecule has 6 nitrogen and oxygen atoms in total. The van der Waals surface area contributed by atoms with Crippen LogP contribution in [0.5, 0.6) is 0 Å². The van der Waals surface area contributed by atoms with Crippen molar-refractivity contribution < 1.29 is 13.2 Å². The van der Waals surface area contributed by atoms with Gasteiger partial charge in [-0.25, -0.2) is 8.42 Å². The van der Waals surface area contributed by atoms with Crippen LogP contribution in [0, 0.1) is 0 Å². The average Bonchev–Trinajstić information content (AvgIpc) is 2.55. The predicted molar refractivity (Wildman–Crippen MR) is 85.2 cm³/mol. The minimum absolute atomic E-state index is 0.251. The number of aromatic nitrogens is 1. The molecule has 0 radical (unpaired) electrons. The summed E-state index contributed by atoms with van der Waals surface area (Å²) in [7, 11) is -3.63. The Balaban J connectivity index is 1.63. The molecule has 0 bridgehead atoms. The van der Waals surface area contributed by atoms with Gasteiger partial charge < -0.3 is 5.32 Å². The molecule has 0 fully saturated rings. The van der Waals surface area contributed by atoms with Crippen LogP contribution in [0.2, 0.25) is 0 Å². The molecular weight excluding hydrogens is 314 g/mol. The number of hydrogen-bond acceptors (Lipinski definition) is 4. The summed E-state index contributed by atoms with van der Waals surface area (Å²) in [4.78, 5) is 16.4. The molecule has 2 N–H and O–H groups in total. The first-order valence-electron chi connectivity index (χ1n) is 7.33. The fraction of sp³-hybridized carbons (Fsp3) is 0.250. The number of pyridine rings is 1. The van der Waals surface area contributed by atoms with Crippen LogP contribution in [0.1, 0.15) is 11.1 Å². The highest BCUT2D eigenvalue weighted by Gasteiger charge is 2.32. The Morgan fingerprint density at radius 1 is 1.22 bits per heavy atom. The Morgan fingerprint density at radius 2 is 1.96 bits per heavy atom. The van der Waals surface area contributed by atoms with E-state index >= 15 is 0 Å². The zero-order valence-corrected chi connectivity index (χ0v) is 13.2. The van der Waals surface area contributed by atoms with Gasteiger partial charge in [0.25, 0.3) is 0 Å². The third-order valence-corrected chi connectivity index (χ3v) is 5.33. The van der Waals surface area contributed by atoms with E-state index < -0.39 is 16.1 Å². The van der Waals surface area contributed by atoms with Crippen molar-refractivity contribution in [1.82, 2.24) is 15.0 Å². The maximum Gasteiger partial charge on any atom is 0.241 e. The fourth-order valence-corrected chi connectivity index (χ4v) is 4.04. The van der Waals surface area contributed by atoms with E-state index in [0.29, 0.717) is 24.9 Å². The molecule has 0 unspecified atom stereocenters. The van der Waals surface area contributed by atoms with Crippen molar-refractivity contribution in [3.8, 4) is 0 Å². The van der Waals surface area contributed by atoms with Crippen LogP contribution in [-0.2, 0) is 27.7 Å². The van der Waals surface area contributed by atoms with Crippen LogP contribution in [-0.4, -0.2) is 31.9 Å². The lowest BCUT2D eigenvalue weighted by Gasteiger charge is -2.25. The molecule has 2 heterocycles. The fourth-order valence-electron chi connectivity index (χ4n) is 2.60. The quantitative estimate of drug-likeness (QED) is 0.861. The molecule has 1 aromatic carbocycles. The van der Waals surface area contributed by atoms with E-state index in [4.69, 9.17) is 0 Å². The second-order valence-corrected chi connectivity index (χ2v) is 7.06. The normalized spacial score (nSPS) is 18.9. The van der Waals surface area contributed by atoms with Gasteiger partial charge in [-0.05, 0) is 42.2 Å². The molecule has 120 valence electrons. The van der Waals surface area contributed by atoms with Crippen molar-refractivity contribution >= 4 is 15.9 Å². The van der Waals surface area contributed by atoms with Crippen molar-refractivity contribution in [2.75, 3.05) is 6.54 Å². The van der Waals surface area contributed by atoms with E-state index in [1.807, 2.05) is 12.1 Å². The Morgan fingerprint density at radius 3 is 2.74 bits per heavy atom. The number of carbonyl (C=O) groups is 1. The largest absolute Gasteiger partial charge is 0.354 e. The van der Waals surface area contributed by atoms with Crippen LogP contribution in [0.25, 0.3) is 0 Å². The minimum Gasteiger partial charge on any atom is -0.354 e. The van der Waals surface area contributed by atoms with E-state index in [1.165, 1.54) is 0 Å². The smallest absolute Gasteiger partial charge is 0.241 e. The molecule has 3 rings (SSSR count). The van der Waals surface area contributed by atoms with E-state index in [2.05, 4.69) is 15.0 Å². The van der Waals surface area contributed by atoms with Crippen molar-refractivity contribution in [3.63, 3.8) is 0 Å². The lowest BCUT2D eigenvalue weighted by molar-refractivity contribution is -0.122. The minimum atomic E-state index is -3.63. The average molecular weight is 331 g/mol. The summed E-state index contributed by atoms with van der Waals surface area (Å²) in [5.41, 5.74) is 1.73. The first kappa shape index (κ1) is 15.6. The Kier molecular flexibility index (Phi) is 4.40. The molecule has 1 aliphatic rings. The molecule has 1 atom stereocenters. The van der Waals surface area contributed by atoms with Gasteiger partial charge in [-0.2, -0.15) is 4.72 Å². The standard InChI is InChI=1S/C16H17N3O3S/c20-16(18-10-7-12-5-8-17-9-6-12)14-11-13-3-1-2-4-15(13)23(21,22)19-14/h1-6,8-9,14,19H,7,10-11H2,(H,18,20)/t14-/m1/s1. The van der Waals surface area contributed by atoms with Crippen molar-refractivity contribution in [2.24, 2.45) is 0 Å². The van der Waals surface area contributed by atoms with Gasteiger partial charge in [0, 0.05) is 18.9 Å². The van der Waals surface area contributed by atoms with E-state index in [0.717, 1.165) is 5.56 Å². The molecular formula is C16H17N3O3S. The zero-order chi connectivity index (χ0) is 16.3. The van der Waals surface area contributed by atoms with Crippen LogP contribution in [0.3, 0.4) is 0 Å². The number of rotatable bonds is 4. The maximum absolute atomic E-state index is 12.2. The second kappa shape index (κ2) is 6.47. The van der Waals surface area contributed by atoms with Crippen molar-refractivity contribution in [3.05, 3.63) is 59.9 Å². The third-order valence-electron chi connectivity index (χ3n) is 3.76. The lowest BCUT2D eigenvalue weighted by atomic mass is 10.1. The number of benzene rings is 1. The summed E-state index contributed by atoms with van der Waals surface area (Å²) in [6, 6.07) is 9.73. The Labute approximate surface area is 135 Å². The van der Waals surface area contributed by atoms with Gasteiger partial charge in [0.1, 0.15) is 6.04 Å². The highest BCUT2D eigenvalue weighted by Crippen LogP contribution is 2.22. The van der Waals surface area contributed by atoms with Gasteiger partial charge >= 0.3 is 0 Å².